The minimum absolute atomic E-state index is 0. The van der Waals surface area contributed by atoms with Crippen molar-refractivity contribution >= 4 is 12.4 Å². The lowest BCUT2D eigenvalue weighted by Crippen LogP contribution is -2.15. The zero-order chi connectivity index (χ0) is 10.7. The van der Waals surface area contributed by atoms with Crippen molar-refractivity contribution < 1.29 is 9.50 Å². The highest BCUT2D eigenvalue weighted by molar-refractivity contribution is 5.85. The molecule has 0 heterocycles. The van der Waals surface area contributed by atoms with Gasteiger partial charge in [0.15, 0.2) is 11.6 Å². The minimum Gasteiger partial charge on any atom is -0.505 e. The summed E-state index contributed by atoms with van der Waals surface area (Å²) in [4.78, 5) is 0. The molecule has 0 unspecified atom stereocenters. The summed E-state index contributed by atoms with van der Waals surface area (Å²) in [7, 11) is 0. The van der Waals surface area contributed by atoms with Crippen LogP contribution in [0, 0.1) is 12.7 Å². The van der Waals surface area contributed by atoms with Crippen molar-refractivity contribution in [2.24, 2.45) is 11.5 Å². The predicted octanol–water partition coefficient (Wildman–Crippen LogP) is 1.61. The molecule has 1 rings (SSSR count). The maximum absolute atomic E-state index is 13.1. The number of aromatic hydroxyl groups is 1. The molecule has 86 valence electrons. The molecule has 0 bridgehead atoms. The molecule has 0 aromatic heterocycles. The average molecular weight is 235 g/mol. The lowest BCUT2D eigenvalue weighted by atomic mass is 10.0. The minimum atomic E-state index is -0.632. The molecule has 1 aromatic carbocycles. The monoisotopic (exact) mass is 234 g/mol. The summed E-state index contributed by atoms with van der Waals surface area (Å²) in [6.45, 7) is 2.16. The zero-order valence-electron chi connectivity index (χ0n) is 8.53. The Balaban J connectivity index is 0.00000196. The third kappa shape index (κ3) is 3.34. The molecule has 0 aliphatic carbocycles. The van der Waals surface area contributed by atoms with Crippen LogP contribution in [0.5, 0.6) is 5.75 Å². The first-order chi connectivity index (χ1) is 6.56. The quantitative estimate of drug-likeness (QED) is 0.744. The van der Waals surface area contributed by atoms with E-state index in [4.69, 9.17) is 11.5 Å². The van der Waals surface area contributed by atoms with E-state index in [1.807, 2.05) is 0 Å². The lowest BCUT2D eigenvalue weighted by molar-refractivity contribution is 0.418. The number of aryl methyl sites for hydroxylation is 1. The van der Waals surface area contributed by atoms with Crippen LogP contribution in [0.15, 0.2) is 12.1 Å². The summed E-state index contributed by atoms with van der Waals surface area (Å²) in [6, 6.07) is 2.54. The Morgan fingerprint density at radius 1 is 1.47 bits per heavy atom. The zero-order valence-corrected chi connectivity index (χ0v) is 9.35. The fourth-order valence-corrected chi connectivity index (χ4v) is 1.38. The van der Waals surface area contributed by atoms with E-state index in [-0.39, 0.29) is 18.2 Å². The van der Waals surface area contributed by atoms with Crippen LogP contribution in [-0.2, 0) is 0 Å². The molecular formula is C10H16ClFN2O. The fraction of sp³-hybridized carbons (Fsp3) is 0.400. The lowest BCUT2D eigenvalue weighted by Gasteiger charge is -2.13. The Hall–Kier alpha value is -0.840. The van der Waals surface area contributed by atoms with E-state index in [2.05, 4.69) is 0 Å². The van der Waals surface area contributed by atoms with Crippen molar-refractivity contribution in [1.29, 1.82) is 0 Å². The molecule has 5 heteroatoms. The summed E-state index contributed by atoms with van der Waals surface area (Å²) in [5.74, 6) is -0.996. The topological polar surface area (TPSA) is 72.3 Å². The van der Waals surface area contributed by atoms with Crippen molar-refractivity contribution in [3.05, 3.63) is 29.1 Å². The number of phenolic OH excluding ortho intramolecular Hbond substituents is 1. The van der Waals surface area contributed by atoms with Crippen molar-refractivity contribution in [2.75, 3.05) is 6.54 Å². The maximum Gasteiger partial charge on any atom is 0.165 e. The first kappa shape index (κ1) is 14.2. The molecule has 0 amide bonds. The van der Waals surface area contributed by atoms with E-state index in [1.165, 1.54) is 6.07 Å². The van der Waals surface area contributed by atoms with Gasteiger partial charge in [0.25, 0.3) is 0 Å². The van der Waals surface area contributed by atoms with E-state index in [1.54, 1.807) is 13.0 Å². The van der Waals surface area contributed by atoms with Gasteiger partial charge < -0.3 is 16.6 Å². The van der Waals surface area contributed by atoms with E-state index >= 15 is 0 Å². The Morgan fingerprint density at radius 3 is 2.60 bits per heavy atom. The molecule has 1 atom stereocenters. The van der Waals surface area contributed by atoms with Gasteiger partial charge in [0, 0.05) is 11.6 Å². The van der Waals surface area contributed by atoms with Crippen LogP contribution >= 0.6 is 12.4 Å². The van der Waals surface area contributed by atoms with Gasteiger partial charge in [0.05, 0.1) is 0 Å². The van der Waals surface area contributed by atoms with Gasteiger partial charge in [0.1, 0.15) is 0 Å². The smallest absolute Gasteiger partial charge is 0.165 e. The molecule has 0 fully saturated rings. The Kier molecular flexibility index (Phi) is 5.57. The predicted molar refractivity (Wildman–Crippen MR) is 60.6 cm³/mol. The second-order valence-electron chi connectivity index (χ2n) is 3.37. The molecule has 0 radical (unpaired) electrons. The van der Waals surface area contributed by atoms with Crippen LogP contribution in [0.2, 0.25) is 0 Å². The van der Waals surface area contributed by atoms with Crippen molar-refractivity contribution in [3.63, 3.8) is 0 Å². The number of halogens is 2. The second-order valence-corrected chi connectivity index (χ2v) is 3.37. The highest BCUT2D eigenvalue weighted by atomic mass is 35.5. The van der Waals surface area contributed by atoms with Gasteiger partial charge in [-0.1, -0.05) is 6.07 Å². The van der Waals surface area contributed by atoms with E-state index in [0.29, 0.717) is 18.5 Å². The normalized spacial score (nSPS) is 12.0. The molecule has 1 aromatic rings. The number of hydrogen-bond donors (Lipinski definition) is 3. The molecule has 0 spiro atoms. The summed E-state index contributed by atoms with van der Waals surface area (Å²) in [6.07, 6.45) is 0.524. The molecule has 0 aliphatic rings. The number of rotatable bonds is 3. The van der Waals surface area contributed by atoms with Crippen LogP contribution in [0.3, 0.4) is 0 Å². The Bertz CT molecular complexity index is 333. The van der Waals surface area contributed by atoms with Crippen LogP contribution in [0.1, 0.15) is 23.6 Å². The second kappa shape index (κ2) is 5.90. The first-order valence-corrected chi connectivity index (χ1v) is 4.51. The highest BCUT2D eigenvalue weighted by Gasteiger charge is 2.14. The van der Waals surface area contributed by atoms with Gasteiger partial charge >= 0.3 is 0 Å². The van der Waals surface area contributed by atoms with Gasteiger partial charge in [-0.2, -0.15) is 0 Å². The molecule has 0 aliphatic heterocycles. The van der Waals surface area contributed by atoms with E-state index in [0.717, 1.165) is 5.56 Å². The van der Waals surface area contributed by atoms with Gasteiger partial charge in [-0.3, -0.25) is 0 Å². The van der Waals surface area contributed by atoms with Crippen LogP contribution in [0.4, 0.5) is 4.39 Å². The number of benzene rings is 1. The molecule has 3 nitrogen and oxygen atoms in total. The SMILES string of the molecule is Cc1cc(F)c(O)c([C@@H](N)CCN)c1.Cl. The number of nitrogens with two attached hydrogens (primary N) is 2. The summed E-state index contributed by atoms with van der Waals surface area (Å²) >= 11 is 0. The van der Waals surface area contributed by atoms with Crippen LogP contribution in [-0.4, -0.2) is 11.7 Å². The largest absolute Gasteiger partial charge is 0.505 e. The molecule has 15 heavy (non-hydrogen) atoms. The van der Waals surface area contributed by atoms with Crippen molar-refractivity contribution in [1.82, 2.24) is 0 Å². The number of hydrogen-bond acceptors (Lipinski definition) is 3. The maximum atomic E-state index is 13.1. The standard InChI is InChI=1S/C10H15FN2O.ClH/c1-6-4-7(9(13)2-3-12)10(14)8(11)5-6;/h4-5,9,14H,2-3,12-13H2,1H3;1H/t9-;/m0./s1. The average Bonchev–Trinajstić information content (AvgIpc) is 2.11. The number of phenols is 1. The fourth-order valence-electron chi connectivity index (χ4n) is 1.38. The summed E-state index contributed by atoms with van der Waals surface area (Å²) in [5, 5.41) is 9.42. The highest BCUT2D eigenvalue weighted by Crippen LogP contribution is 2.28. The third-order valence-corrected chi connectivity index (χ3v) is 2.11. The molecule has 0 saturated heterocycles. The summed E-state index contributed by atoms with van der Waals surface area (Å²) in [5.41, 5.74) is 12.2. The third-order valence-electron chi connectivity index (χ3n) is 2.11. The van der Waals surface area contributed by atoms with Gasteiger partial charge in [-0.15, -0.1) is 12.4 Å². The van der Waals surface area contributed by atoms with E-state index in [9.17, 15) is 9.50 Å². The molecule has 5 N–H and O–H groups in total. The van der Waals surface area contributed by atoms with Gasteiger partial charge in [0.2, 0.25) is 0 Å². The van der Waals surface area contributed by atoms with Crippen LogP contribution in [0.25, 0.3) is 0 Å². The first-order valence-electron chi connectivity index (χ1n) is 4.51. The van der Waals surface area contributed by atoms with Crippen LogP contribution < -0.4 is 11.5 Å². The van der Waals surface area contributed by atoms with Crippen molar-refractivity contribution in [2.45, 2.75) is 19.4 Å². The Morgan fingerprint density at radius 2 is 2.07 bits per heavy atom. The van der Waals surface area contributed by atoms with E-state index < -0.39 is 11.9 Å². The molecule has 0 saturated carbocycles. The van der Waals surface area contributed by atoms with Gasteiger partial charge in [-0.25, -0.2) is 4.39 Å². The van der Waals surface area contributed by atoms with Gasteiger partial charge in [-0.05, 0) is 31.5 Å². The summed E-state index contributed by atoms with van der Waals surface area (Å²) < 4.78 is 13.1. The van der Waals surface area contributed by atoms with Crippen molar-refractivity contribution in [3.8, 4) is 5.75 Å². The molecular weight excluding hydrogens is 219 g/mol. The Labute approximate surface area is 94.7 Å².